The number of aromatic amines is 1. The van der Waals surface area contributed by atoms with E-state index in [9.17, 15) is 9.59 Å². The molecule has 1 N–H and O–H groups in total. The third kappa shape index (κ3) is 3.24. The van der Waals surface area contributed by atoms with Gasteiger partial charge in [0.05, 0.1) is 19.4 Å². The average molecular weight is 474 g/mol. The van der Waals surface area contributed by atoms with Gasteiger partial charge in [-0.3, -0.25) is 9.59 Å². The molecule has 3 aromatic rings. The van der Waals surface area contributed by atoms with Gasteiger partial charge in [-0.2, -0.15) is 0 Å². The second-order valence-corrected chi connectivity index (χ2v) is 10.0. The van der Waals surface area contributed by atoms with Gasteiger partial charge in [0.25, 0.3) is 5.91 Å². The van der Waals surface area contributed by atoms with Crippen LogP contribution in [0.3, 0.4) is 0 Å². The van der Waals surface area contributed by atoms with E-state index in [0.29, 0.717) is 24.7 Å². The van der Waals surface area contributed by atoms with Gasteiger partial charge in [0.2, 0.25) is 5.91 Å². The average Bonchev–Trinajstić information content (AvgIpc) is 3.64. The molecule has 1 aromatic heterocycles. The Bertz CT molecular complexity index is 1330. The summed E-state index contributed by atoms with van der Waals surface area (Å²) in [6, 6.07) is 14.4. The normalized spacial score (nSPS) is 23.9. The van der Waals surface area contributed by atoms with Gasteiger partial charge < -0.3 is 24.3 Å². The van der Waals surface area contributed by atoms with Crippen LogP contribution in [-0.2, 0) is 15.1 Å². The zero-order chi connectivity index (χ0) is 24.3. The van der Waals surface area contributed by atoms with Crippen LogP contribution in [0.2, 0.25) is 0 Å². The van der Waals surface area contributed by atoms with Crippen molar-refractivity contribution in [2.75, 3.05) is 26.8 Å². The van der Waals surface area contributed by atoms with Gasteiger partial charge in [0.15, 0.2) is 17.0 Å². The molecule has 0 radical (unpaired) electrons. The van der Waals surface area contributed by atoms with E-state index < -0.39 is 5.54 Å². The van der Waals surface area contributed by atoms with E-state index in [-0.39, 0.29) is 30.3 Å². The number of hydrogen-bond donors (Lipinski definition) is 1. The van der Waals surface area contributed by atoms with Crippen molar-refractivity contribution in [1.82, 2.24) is 14.8 Å². The smallest absolute Gasteiger partial charge is 0.255 e. The number of benzene rings is 2. The van der Waals surface area contributed by atoms with Crippen molar-refractivity contribution in [2.24, 2.45) is 0 Å². The van der Waals surface area contributed by atoms with Crippen molar-refractivity contribution in [1.29, 1.82) is 0 Å². The SMILES string of the molecule is CCCOc1ccc(C2CN3C(=O)CN(C4CC4)C(=O)C3(C)c3[nH]c4ccccc4c32)cc1OC. The van der Waals surface area contributed by atoms with E-state index in [1.807, 2.05) is 37.3 Å². The largest absolute Gasteiger partial charge is 0.493 e. The molecular formula is C28H31N3O4. The number of amides is 2. The fraction of sp³-hybridized carbons (Fsp3) is 0.429. The first-order valence-electron chi connectivity index (χ1n) is 12.5. The van der Waals surface area contributed by atoms with Gasteiger partial charge in [-0.05, 0) is 55.5 Å². The lowest BCUT2D eigenvalue weighted by molar-refractivity contribution is -0.166. The summed E-state index contributed by atoms with van der Waals surface area (Å²) in [5.41, 5.74) is 2.87. The standard InChI is InChI=1S/C28H31N3O4/c1-4-13-35-22-12-9-17(14-23(22)34-3)20-15-31-24(32)16-30(18-10-11-18)27(33)28(31,2)26-25(20)19-7-5-6-8-21(19)29-26/h5-9,12,14,18,20,29H,4,10-11,13,15-16H2,1-3H3. The first-order chi connectivity index (χ1) is 17.0. The molecule has 2 aliphatic heterocycles. The zero-order valence-corrected chi connectivity index (χ0v) is 20.5. The number of carbonyl (C=O) groups is 2. The van der Waals surface area contributed by atoms with Crippen molar-refractivity contribution < 1.29 is 19.1 Å². The molecular weight excluding hydrogens is 442 g/mol. The zero-order valence-electron chi connectivity index (χ0n) is 20.5. The molecule has 6 rings (SSSR count). The molecule has 2 aromatic carbocycles. The number of nitrogens with one attached hydrogen (secondary N) is 1. The number of piperazine rings is 1. The highest BCUT2D eigenvalue weighted by Crippen LogP contribution is 2.50. The van der Waals surface area contributed by atoms with Crippen LogP contribution in [0.5, 0.6) is 11.5 Å². The minimum Gasteiger partial charge on any atom is -0.493 e. The van der Waals surface area contributed by atoms with Crippen molar-refractivity contribution >= 4 is 22.7 Å². The molecule has 1 aliphatic carbocycles. The van der Waals surface area contributed by atoms with E-state index in [1.54, 1.807) is 16.9 Å². The molecule has 7 heteroatoms. The molecule has 2 unspecified atom stereocenters. The number of aromatic nitrogens is 1. The highest BCUT2D eigenvalue weighted by molar-refractivity contribution is 6.01. The summed E-state index contributed by atoms with van der Waals surface area (Å²) in [7, 11) is 1.65. The lowest BCUT2D eigenvalue weighted by Gasteiger charge is -2.51. The van der Waals surface area contributed by atoms with E-state index in [1.165, 1.54) is 0 Å². The number of fused-ring (bicyclic) bond motifs is 5. The van der Waals surface area contributed by atoms with Crippen LogP contribution < -0.4 is 9.47 Å². The van der Waals surface area contributed by atoms with Crippen molar-refractivity contribution in [3.8, 4) is 11.5 Å². The van der Waals surface area contributed by atoms with Crippen molar-refractivity contribution in [3.63, 3.8) is 0 Å². The molecule has 182 valence electrons. The van der Waals surface area contributed by atoms with E-state index in [2.05, 4.69) is 24.0 Å². The van der Waals surface area contributed by atoms with Gasteiger partial charge in [0, 0.05) is 29.4 Å². The van der Waals surface area contributed by atoms with Gasteiger partial charge >= 0.3 is 0 Å². The first-order valence-corrected chi connectivity index (χ1v) is 12.5. The summed E-state index contributed by atoms with van der Waals surface area (Å²) >= 11 is 0. The molecule has 3 aliphatic rings. The molecule has 2 fully saturated rings. The summed E-state index contributed by atoms with van der Waals surface area (Å²) in [6.45, 7) is 5.20. The minimum atomic E-state index is -1.04. The topological polar surface area (TPSA) is 74.9 Å². The Hall–Kier alpha value is -3.48. The van der Waals surface area contributed by atoms with Gasteiger partial charge in [0.1, 0.15) is 6.54 Å². The number of nitrogens with zero attached hydrogens (tertiary/aromatic N) is 2. The number of hydrogen-bond acceptors (Lipinski definition) is 4. The van der Waals surface area contributed by atoms with Crippen LogP contribution in [0.1, 0.15) is 55.8 Å². The number of methoxy groups -OCH3 is 1. The molecule has 1 saturated carbocycles. The fourth-order valence-corrected chi connectivity index (χ4v) is 5.84. The summed E-state index contributed by atoms with van der Waals surface area (Å²) in [6.07, 6.45) is 2.86. The van der Waals surface area contributed by atoms with Crippen LogP contribution >= 0.6 is 0 Å². The fourth-order valence-electron chi connectivity index (χ4n) is 5.84. The number of carbonyl (C=O) groups excluding carboxylic acids is 2. The minimum absolute atomic E-state index is 0.00294. The molecule has 2 amide bonds. The van der Waals surface area contributed by atoms with Crippen LogP contribution in [0.15, 0.2) is 42.5 Å². The third-order valence-corrected chi connectivity index (χ3v) is 7.81. The van der Waals surface area contributed by atoms with Crippen LogP contribution in [0.25, 0.3) is 10.9 Å². The molecule has 1 saturated heterocycles. The molecule has 2 atom stereocenters. The summed E-state index contributed by atoms with van der Waals surface area (Å²) < 4.78 is 11.5. The number of ether oxygens (including phenoxy) is 2. The maximum absolute atomic E-state index is 13.9. The van der Waals surface area contributed by atoms with Crippen molar-refractivity contribution in [2.45, 2.75) is 50.6 Å². The van der Waals surface area contributed by atoms with Gasteiger partial charge in [-0.1, -0.05) is 31.2 Å². The number of para-hydroxylation sites is 1. The number of H-pyrrole nitrogens is 1. The molecule has 3 heterocycles. The highest BCUT2D eigenvalue weighted by atomic mass is 16.5. The monoisotopic (exact) mass is 473 g/mol. The van der Waals surface area contributed by atoms with E-state index >= 15 is 0 Å². The molecule has 0 bridgehead atoms. The maximum atomic E-state index is 13.9. The van der Waals surface area contributed by atoms with Gasteiger partial charge in [-0.15, -0.1) is 0 Å². The maximum Gasteiger partial charge on any atom is 0.255 e. The molecule has 35 heavy (non-hydrogen) atoms. The predicted octanol–water partition coefficient (Wildman–Crippen LogP) is 4.16. The highest BCUT2D eigenvalue weighted by Gasteiger charge is 2.58. The predicted molar refractivity (Wildman–Crippen MR) is 133 cm³/mol. The van der Waals surface area contributed by atoms with Gasteiger partial charge in [-0.25, -0.2) is 0 Å². The quantitative estimate of drug-likeness (QED) is 0.583. The van der Waals surface area contributed by atoms with Crippen LogP contribution in [0, 0.1) is 0 Å². The van der Waals surface area contributed by atoms with E-state index in [0.717, 1.165) is 47.0 Å². The Kier molecular flexibility index (Phi) is 5.06. The summed E-state index contributed by atoms with van der Waals surface area (Å²) in [4.78, 5) is 34.6. The van der Waals surface area contributed by atoms with E-state index in [4.69, 9.17) is 9.47 Å². The lowest BCUT2D eigenvalue weighted by Crippen LogP contribution is -2.67. The second kappa shape index (κ2) is 8.04. The molecule has 7 nitrogen and oxygen atoms in total. The Morgan fingerprint density at radius 3 is 2.66 bits per heavy atom. The third-order valence-electron chi connectivity index (χ3n) is 7.81. The Morgan fingerprint density at radius 1 is 1.11 bits per heavy atom. The summed E-state index contributed by atoms with van der Waals surface area (Å²) in [5, 5.41) is 1.09. The summed E-state index contributed by atoms with van der Waals surface area (Å²) in [5.74, 6) is 1.30. The van der Waals surface area contributed by atoms with Crippen LogP contribution in [-0.4, -0.2) is 59.4 Å². The number of rotatable bonds is 6. The Morgan fingerprint density at radius 2 is 1.91 bits per heavy atom. The van der Waals surface area contributed by atoms with Crippen molar-refractivity contribution in [3.05, 3.63) is 59.3 Å². The van der Waals surface area contributed by atoms with Crippen LogP contribution in [0.4, 0.5) is 0 Å². The first kappa shape index (κ1) is 22.0. The Balaban J connectivity index is 1.52. The Labute approximate surface area is 205 Å². The lowest BCUT2D eigenvalue weighted by atomic mass is 9.76. The second-order valence-electron chi connectivity index (χ2n) is 10.0. The molecule has 0 spiro atoms.